The quantitative estimate of drug-likeness (QED) is 0.895. The lowest BCUT2D eigenvalue weighted by molar-refractivity contribution is 0.0206. The van der Waals surface area contributed by atoms with Crippen LogP contribution in [0.25, 0.3) is 11.3 Å². The van der Waals surface area contributed by atoms with Gasteiger partial charge in [0.15, 0.2) is 0 Å². The molecule has 1 fully saturated rings. The van der Waals surface area contributed by atoms with Crippen molar-refractivity contribution in [1.29, 1.82) is 0 Å². The van der Waals surface area contributed by atoms with Crippen molar-refractivity contribution >= 4 is 23.2 Å². The summed E-state index contributed by atoms with van der Waals surface area (Å²) in [6.45, 7) is 7.01. The molecule has 0 aliphatic carbocycles. The highest BCUT2D eigenvalue weighted by Gasteiger charge is 2.27. The Hall–Kier alpha value is -2.15. The molecule has 1 atom stereocenters. The van der Waals surface area contributed by atoms with E-state index in [1.807, 2.05) is 38.3 Å². The standard InChI is InChI=1S/C18H24N4O2S/c1-18(2,3)24-17(23)22-7-4-5-14(10-22)21-16-9-15(19-12-20-16)13-6-8-25-11-13/h6,8-9,11-12,14H,4-5,7,10H2,1-3H3,(H,19,20,21). The van der Waals surface area contributed by atoms with Gasteiger partial charge in [0.05, 0.1) is 5.69 Å². The summed E-state index contributed by atoms with van der Waals surface area (Å²) in [5.74, 6) is 0.784. The van der Waals surface area contributed by atoms with Gasteiger partial charge in [-0.3, -0.25) is 0 Å². The number of ether oxygens (including phenoxy) is 1. The Morgan fingerprint density at radius 2 is 2.24 bits per heavy atom. The second-order valence-electron chi connectivity index (χ2n) is 7.21. The van der Waals surface area contributed by atoms with Gasteiger partial charge in [-0.15, -0.1) is 0 Å². The van der Waals surface area contributed by atoms with E-state index in [-0.39, 0.29) is 12.1 Å². The SMILES string of the molecule is CC(C)(C)OC(=O)N1CCCC(Nc2cc(-c3ccsc3)ncn2)C1. The molecule has 1 unspecified atom stereocenters. The molecule has 3 rings (SSSR count). The summed E-state index contributed by atoms with van der Waals surface area (Å²) in [5, 5.41) is 7.53. The van der Waals surface area contributed by atoms with Gasteiger partial charge >= 0.3 is 6.09 Å². The number of amides is 1. The molecular weight excluding hydrogens is 336 g/mol. The van der Waals surface area contributed by atoms with Gasteiger partial charge in [-0.25, -0.2) is 14.8 Å². The number of thiophene rings is 1. The van der Waals surface area contributed by atoms with Gasteiger partial charge in [0.25, 0.3) is 0 Å². The lowest BCUT2D eigenvalue weighted by Crippen LogP contribution is -2.47. The first-order valence-electron chi connectivity index (χ1n) is 8.50. The Morgan fingerprint density at radius 3 is 2.96 bits per heavy atom. The number of carbonyl (C=O) groups is 1. The molecule has 0 radical (unpaired) electrons. The number of piperidine rings is 1. The summed E-state index contributed by atoms with van der Waals surface area (Å²) in [5.41, 5.74) is 1.52. The van der Waals surface area contributed by atoms with E-state index in [1.54, 1.807) is 22.6 Å². The molecule has 25 heavy (non-hydrogen) atoms. The average Bonchev–Trinajstić information content (AvgIpc) is 3.08. The van der Waals surface area contributed by atoms with Gasteiger partial charge in [-0.2, -0.15) is 11.3 Å². The number of hydrogen-bond donors (Lipinski definition) is 1. The third kappa shape index (κ3) is 4.92. The zero-order valence-electron chi connectivity index (χ0n) is 14.9. The van der Waals surface area contributed by atoms with Crippen molar-refractivity contribution in [3.63, 3.8) is 0 Å². The minimum Gasteiger partial charge on any atom is -0.444 e. The summed E-state index contributed by atoms with van der Waals surface area (Å²) >= 11 is 1.64. The number of aromatic nitrogens is 2. The average molecular weight is 360 g/mol. The van der Waals surface area contributed by atoms with E-state index < -0.39 is 5.60 Å². The Kier molecular flexibility index (Phi) is 5.22. The highest BCUT2D eigenvalue weighted by atomic mass is 32.1. The van der Waals surface area contributed by atoms with E-state index >= 15 is 0 Å². The van der Waals surface area contributed by atoms with Crippen LogP contribution in [0.3, 0.4) is 0 Å². The molecule has 134 valence electrons. The van der Waals surface area contributed by atoms with Crippen molar-refractivity contribution in [3.05, 3.63) is 29.2 Å². The van der Waals surface area contributed by atoms with E-state index in [4.69, 9.17) is 4.74 Å². The van der Waals surface area contributed by atoms with Crippen molar-refractivity contribution in [1.82, 2.24) is 14.9 Å². The molecule has 3 heterocycles. The Balaban J connectivity index is 1.63. The van der Waals surface area contributed by atoms with Crippen molar-refractivity contribution in [2.45, 2.75) is 45.3 Å². The first kappa shape index (κ1) is 17.7. The second-order valence-corrected chi connectivity index (χ2v) is 7.99. The highest BCUT2D eigenvalue weighted by Crippen LogP contribution is 2.23. The summed E-state index contributed by atoms with van der Waals surface area (Å²) in [4.78, 5) is 22.7. The van der Waals surface area contributed by atoms with E-state index in [0.717, 1.165) is 36.5 Å². The minimum atomic E-state index is -0.473. The highest BCUT2D eigenvalue weighted by molar-refractivity contribution is 7.08. The Labute approximate surface area is 152 Å². The maximum atomic E-state index is 12.3. The zero-order valence-corrected chi connectivity index (χ0v) is 15.7. The van der Waals surface area contributed by atoms with Gasteiger partial charge in [0, 0.05) is 36.1 Å². The first-order chi connectivity index (χ1) is 11.9. The largest absolute Gasteiger partial charge is 0.444 e. The molecule has 1 amide bonds. The normalized spacial score (nSPS) is 18.0. The summed E-state index contributed by atoms with van der Waals surface area (Å²) in [6, 6.07) is 4.15. The van der Waals surface area contributed by atoms with Gasteiger partial charge < -0.3 is 15.0 Å². The molecule has 1 aliphatic heterocycles. The predicted octanol–water partition coefficient (Wildman–Crippen LogP) is 4.02. The minimum absolute atomic E-state index is 0.159. The van der Waals surface area contributed by atoms with Crippen LogP contribution in [0, 0.1) is 0 Å². The third-order valence-electron chi connectivity index (χ3n) is 3.91. The lowest BCUT2D eigenvalue weighted by Gasteiger charge is -2.34. The van der Waals surface area contributed by atoms with Crippen LogP contribution in [-0.4, -0.2) is 45.7 Å². The van der Waals surface area contributed by atoms with Crippen LogP contribution in [0.2, 0.25) is 0 Å². The predicted molar refractivity (Wildman–Crippen MR) is 99.8 cm³/mol. The molecule has 7 heteroatoms. The molecule has 2 aromatic heterocycles. The van der Waals surface area contributed by atoms with Crippen LogP contribution in [0.15, 0.2) is 29.2 Å². The number of carbonyl (C=O) groups excluding carboxylic acids is 1. The van der Waals surface area contributed by atoms with E-state index in [0.29, 0.717) is 6.54 Å². The Bertz CT molecular complexity index is 712. The van der Waals surface area contributed by atoms with Crippen LogP contribution < -0.4 is 5.32 Å². The van der Waals surface area contributed by atoms with Gasteiger partial charge in [0.1, 0.15) is 17.7 Å². The number of anilines is 1. The van der Waals surface area contributed by atoms with E-state index in [1.165, 1.54) is 0 Å². The molecule has 1 N–H and O–H groups in total. The van der Waals surface area contributed by atoms with E-state index in [9.17, 15) is 4.79 Å². The molecule has 0 aromatic carbocycles. The third-order valence-corrected chi connectivity index (χ3v) is 4.59. The number of nitrogens with zero attached hydrogens (tertiary/aromatic N) is 3. The first-order valence-corrected chi connectivity index (χ1v) is 9.44. The van der Waals surface area contributed by atoms with Crippen molar-refractivity contribution in [2.24, 2.45) is 0 Å². The summed E-state index contributed by atoms with van der Waals surface area (Å²) in [6.07, 6.45) is 3.26. The van der Waals surface area contributed by atoms with Gasteiger partial charge in [-0.1, -0.05) is 0 Å². The van der Waals surface area contributed by atoms with Gasteiger partial charge in [0.2, 0.25) is 0 Å². The molecule has 0 spiro atoms. The maximum absolute atomic E-state index is 12.3. The zero-order chi connectivity index (χ0) is 17.9. The van der Waals surface area contributed by atoms with Crippen molar-refractivity contribution < 1.29 is 9.53 Å². The molecular formula is C18H24N4O2S. The molecule has 0 bridgehead atoms. The number of rotatable bonds is 3. The van der Waals surface area contributed by atoms with Crippen LogP contribution in [-0.2, 0) is 4.74 Å². The fourth-order valence-electron chi connectivity index (χ4n) is 2.80. The molecule has 2 aromatic rings. The van der Waals surface area contributed by atoms with Crippen molar-refractivity contribution in [3.8, 4) is 11.3 Å². The van der Waals surface area contributed by atoms with Crippen LogP contribution in [0.4, 0.5) is 10.6 Å². The van der Waals surface area contributed by atoms with Crippen LogP contribution >= 0.6 is 11.3 Å². The fourth-order valence-corrected chi connectivity index (χ4v) is 3.45. The molecule has 0 saturated carbocycles. The van der Waals surface area contributed by atoms with Gasteiger partial charge in [-0.05, 0) is 45.1 Å². The summed E-state index contributed by atoms with van der Waals surface area (Å²) in [7, 11) is 0. The molecule has 1 aliphatic rings. The molecule has 1 saturated heterocycles. The van der Waals surface area contributed by atoms with Crippen molar-refractivity contribution in [2.75, 3.05) is 18.4 Å². The lowest BCUT2D eigenvalue weighted by atomic mass is 10.1. The monoisotopic (exact) mass is 360 g/mol. The number of nitrogens with one attached hydrogen (secondary N) is 1. The second kappa shape index (κ2) is 7.39. The number of hydrogen-bond acceptors (Lipinski definition) is 6. The van der Waals surface area contributed by atoms with Crippen LogP contribution in [0.5, 0.6) is 0 Å². The maximum Gasteiger partial charge on any atom is 0.410 e. The fraction of sp³-hybridized carbons (Fsp3) is 0.500. The number of likely N-dealkylation sites (tertiary alicyclic amines) is 1. The topological polar surface area (TPSA) is 67.3 Å². The smallest absolute Gasteiger partial charge is 0.410 e. The van der Waals surface area contributed by atoms with Crippen LogP contribution in [0.1, 0.15) is 33.6 Å². The molecule has 6 nitrogen and oxygen atoms in total. The van der Waals surface area contributed by atoms with E-state index in [2.05, 4.69) is 20.7 Å². The Morgan fingerprint density at radius 1 is 1.40 bits per heavy atom. The summed E-state index contributed by atoms with van der Waals surface area (Å²) < 4.78 is 5.48.